The SMILES string of the molecule is CNC1CCCN(C(=O)CSCc2cn3cc(C)ccc3n2)C1.Cl.Cl. The molecule has 0 saturated carbocycles. The minimum atomic E-state index is 0. The lowest BCUT2D eigenvalue weighted by Crippen LogP contribution is -2.47. The van der Waals surface area contributed by atoms with E-state index in [9.17, 15) is 4.79 Å². The molecule has 140 valence electrons. The van der Waals surface area contributed by atoms with Crippen molar-refractivity contribution in [3.8, 4) is 0 Å². The molecule has 1 unspecified atom stereocenters. The molecule has 1 atom stereocenters. The Morgan fingerprint density at radius 2 is 2.16 bits per heavy atom. The van der Waals surface area contributed by atoms with Crippen molar-refractivity contribution in [2.24, 2.45) is 0 Å². The van der Waals surface area contributed by atoms with E-state index in [-0.39, 0.29) is 30.7 Å². The molecule has 25 heavy (non-hydrogen) atoms. The van der Waals surface area contributed by atoms with Crippen molar-refractivity contribution in [2.45, 2.75) is 31.6 Å². The number of aryl methyl sites for hydroxylation is 1. The predicted octanol–water partition coefficient (Wildman–Crippen LogP) is 2.93. The first-order chi connectivity index (χ1) is 11.2. The van der Waals surface area contributed by atoms with Crippen LogP contribution in [0.1, 0.15) is 24.1 Å². The summed E-state index contributed by atoms with van der Waals surface area (Å²) in [5, 5.41) is 3.28. The lowest BCUT2D eigenvalue weighted by molar-refractivity contribution is -0.129. The summed E-state index contributed by atoms with van der Waals surface area (Å²) in [6.07, 6.45) is 6.38. The molecule has 1 aliphatic rings. The van der Waals surface area contributed by atoms with Gasteiger partial charge in [0.2, 0.25) is 5.91 Å². The highest BCUT2D eigenvalue weighted by molar-refractivity contribution is 7.99. The second-order valence-corrected chi connectivity index (χ2v) is 7.15. The van der Waals surface area contributed by atoms with Crippen molar-refractivity contribution in [2.75, 3.05) is 25.9 Å². The highest BCUT2D eigenvalue weighted by Crippen LogP contribution is 2.16. The Hall–Kier alpha value is -0.950. The molecule has 8 heteroatoms. The van der Waals surface area contributed by atoms with E-state index < -0.39 is 0 Å². The standard InChI is InChI=1S/C17H24N4OS.2ClH/c1-13-5-6-16-19-15(10-21(16)8-13)11-23-12-17(22)20-7-3-4-14(9-20)18-2;;/h5-6,8,10,14,18H,3-4,7,9,11-12H2,1-2H3;2*1H. The zero-order valence-corrected chi connectivity index (χ0v) is 17.1. The number of imidazole rings is 1. The molecule has 3 heterocycles. The van der Waals surface area contributed by atoms with E-state index in [1.807, 2.05) is 18.0 Å². The number of fused-ring (bicyclic) bond motifs is 1. The average Bonchev–Trinajstić information content (AvgIpc) is 2.96. The monoisotopic (exact) mass is 404 g/mol. The number of hydrogen-bond donors (Lipinski definition) is 1. The fourth-order valence-electron chi connectivity index (χ4n) is 3.00. The third-order valence-electron chi connectivity index (χ3n) is 4.31. The molecular formula is C17H26Cl2N4OS. The minimum absolute atomic E-state index is 0. The maximum Gasteiger partial charge on any atom is 0.232 e. The van der Waals surface area contributed by atoms with Gasteiger partial charge in [-0.1, -0.05) is 6.07 Å². The van der Waals surface area contributed by atoms with Gasteiger partial charge in [0.1, 0.15) is 5.65 Å². The van der Waals surface area contributed by atoms with Crippen molar-refractivity contribution in [1.82, 2.24) is 19.6 Å². The first-order valence-corrected chi connectivity index (χ1v) is 9.28. The summed E-state index contributed by atoms with van der Waals surface area (Å²) in [6.45, 7) is 3.80. The number of carbonyl (C=O) groups excluding carboxylic acids is 1. The number of amides is 1. The topological polar surface area (TPSA) is 49.6 Å². The summed E-state index contributed by atoms with van der Waals surface area (Å²) in [6, 6.07) is 4.54. The summed E-state index contributed by atoms with van der Waals surface area (Å²) in [7, 11) is 1.97. The van der Waals surface area contributed by atoms with Crippen LogP contribution in [0.5, 0.6) is 0 Å². The largest absolute Gasteiger partial charge is 0.340 e. The first-order valence-electron chi connectivity index (χ1n) is 8.13. The molecule has 1 aliphatic heterocycles. The van der Waals surface area contributed by atoms with Crippen molar-refractivity contribution >= 4 is 48.1 Å². The van der Waals surface area contributed by atoms with E-state index >= 15 is 0 Å². The smallest absolute Gasteiger partial charge is 0.232 e. The molecular weight excluding hydrogens is 379 g/mol. The molecule has 1 N–H and O–H groups in total. The van der Waals surface area contributed by atoms with Crippen LogP contribution in [0, 0.1) is 6.92 Å². The van der Waals surface area contributed by atoms with E-state index in [0.717, 1.165) is 43.0 Å². The highest BCUT2D eigenvalue weighted by atomic mass is 35.5. The number of piperidine rings is 1. The molecule has 5 nitrogen and oxygen atoms in total. The van der Waals surface area contributed by atoms with Crippen LogP contribution in [0.4, 0.5) is 0 Å². The third kappa shape index (κ3) is 5.78. The lowest BCUT2D eigenvalue weighted by atomic mass is 10.1. The fraction of sp³-hybridized carbons (Fsp3) is 0.529. The number of pyridine rings is 1. The quantitative estimate of drug-likeness (QED) is 0.831. The average molecular weight is 405 g/mol. The molecule has 0 bridgehead atoms. The Kier molecular flexibility index (Phi) is 9.07. The summed E-state index contributed by atoms with van der Waals surface area (Å²) in [5.74, 6) is 1.55. The van der Waals surface area contributed by atoms with Gasteiger partial charge in [-0.15, -0.1) is 36.6 Å². The molecule has 0 aromatic carbocycles. The van der Waals surface area contributed by atoms with Crippen molar-refractivity contribution in [3.05, 3.63) is 35.8 Å². The van der Waals surface area contributed by atoms with Crippen molar-refractivity contribution < 1.29 is 4.79 Å². The van der Waals surface area contributed by atoms with Gasteiger partial charge in [0.15, 0.2) is 0 Å². The molecule has 0 aliphatic carbocycles. The number of aromatic nitrogens is 2. The van der Waals surface area contributed by atoms with Crippen LogP contribution in [-0.2, 0) is 10.5 Å². The van der Waals surface area contributed by atoms with Gasteiger partial charge in [-0.3, -0.25) is 4.79 Å². The summed E-state index contributed by atoms with van der Waals surface area (Å²) in [5.41, 5.74) is 3.21. The number of carbonyl (C=O) groups is 1. The van der Waals surface area contributed by atoms with Crippen LogP contribution in [0.15, 0.2) is 24.5 Å². The molecule has 0 spiro atoms. The number of thioether (sulfide) groups is 1. The number of likely N-dealkylation sites (N-methyl/N-ethyl adjacent to an activating group) is 1. The van der Waals surface area contributed by atoms with Crippen molar-refractivity contribution in [1.29, 1.82) is 0 Å². The van der Waals surface area contributed by atoms with Gasteiger partial charge in [-0.2, -0.15) is 0 Å². The van der Waals surface area contributed by atoms with Gasteiger partial charge in [-0.25, -0.2) is 4.98 Å². The van der Waals surface area contributed by atoms with Gasteiger partial charge < -0.3 is 14.6 Å². The Morgan fingerprint density at radius 1 is 1.36 bits per heavy atom. The number of halogens is 2. The molecule has 2 aromatic rings. The summed E-state index contributed by atoms with van der Waals surface area (Å²) >= 11 is 1.65. The molecule has 1 amide bonds. The molecule has 3 rings (SSSR count). The Balaban J connectivity index is 0.00000156. The maximum absolute atomic E-state index is 12.3. The normalized spacial score (nSPS) is 17.0. The van der Waals surface area contributed by atoms with Crippen LogP contribution < -0.4 is 5.32 Å². The zero-order chi connectivity index (χ0) is 16.2. The van der Waals surface area contributed by atoms with E-state index in [1.165, 1.54) is 5.56 Å². The number of nitrogens with zero attached hydrogens (tertiary/aromatic N) is 3. The zero-order valence-electron chi connectivity index (χ0n) is 14.6. The number of nitrogens with one attached hydrogen (secondary N) is 1. The second-order valence-electron chi connectivity index (χ2n) is 6.16. The second kappa shape index (κ2) is 10.3. The summed E-state index contributed by atoms with van der Waals surface area (Å²) < 4.78 is 2.05. The number of hydrogen-bond acceptors (Lipinski definition) is 4. The molecule has 2 aromatic heterocycles. The summed E-state index contributed by atoms with van der Waals surface area (Å²) in [4.78, 5) is 18.9. The van der Waals surface area contributed by atoms with Crippen molar-refractivity contribution in [3.63, 3.8) is 0 Å². The fourth-order valence-corrected chi connectivity index (χ4v) is 3.81. The first kappa shape index (κ1) is 22.1. The Bertz CT molecular complexity index is 694. The van der Waals surface area contributed by atoms with Crippen LogP contribution in [0.25, 0.3) is 5.65 Å². The molecule has 0 radical (unpaired) electrons. The Morgan fingerprint density at radius 3 is 2.92 bits per heavy atom. The van der Waals surface area contributed by atoms with E-state index in [4.69, 9.17) is 0 Å². The minimum Gasteiger partial charge on any atom is -0.340 e. The van der Waals surface area contributed by atoms with E-state index in [2.05, 4.69) is 40.1 Å². The Labute approximate surface area is 165 Å². The van der Waals surface area contributed by atoms with Gasteiger partial charge in [-0.05, 0) is 38.4 Å². The van der Waals surface area contributed by atoms with Gasteiger partial charge >= 0.3 is 0 Å². The van der Waals surface area contributed by atoms with Crippen LogP contribution in [-0.4, -0.2) is 52.1 Å². The van der Waals surface area contributed by atoms with Crippen LogP contribution in [0.3, 0.4) is 0 Å². The number of likely N-dealkylation sites (tertiary alicyclic amines) is 1. The molecule has 1 saturated heterocycles. The number of rotatable bonds is 5. The van der Waals surface area contributed by atoms with E-state index in [1.54, 1.807) is 11.8 Å². The van der Waals surface area contributed by atoms with Crippen LogP contribution in [0.2, 0.25) is 0 Å². The highest BCUT2D eigenvalue weighted by Gasteiger charge is 2.22. The van der Waals surface area contributed by atoms with Gasteiger partial charge in [0.25, 0.3) is 0 Å². The van der Waals surface area contributed by atoms with E-state index in [0.29, 0.717) is 11.8 Å². The van der Waals surface area contributed by atoms with Gasteiger partial charge in [0, 0.05) is 37.3 Å². The maximum atomic E-state index is 12.3. The third-order valence-corrected chi connectivity index (χ3v) is 5.26. The molecule has 1 fully saturated rings. The van der Waals surface area contributed by atoms with Crippen LogP contribution >= 0.6 is 36.6 Å². The lowest BCUT2D eigenvalue weighted by Gasteiger charge is -2.32. The van der Waals surface area contributed by atoms with Gasteiger partial charge in [0.05, 0.1) is 11.4 Å². The predicted molar refractivity (Wildman–Crippen MR) is 109 cm³/mol.